The van der Waals surface area contributed by atoms with Gasteiger partial charge in [0, 0.05) is 6.54 Å². The van der Waals surface area contributed by atoms with Gasteiger partial charge in [-0.15, -0.1) is 0 Å². The summed E-state index contributed by atoms with van der Waals surface area (Å²) in [5, 5.41) is 6.43. The SMILES string of the molecule is CCCNc1ncnc(NCc2nc(C)c(C)o2)c1Br. The fourth-order valence-corrected chi connectivity index (χ4v) is 2.12. The van der Waals surface area contributed by atoms with Crippen molar-refractivity contribution in [1.29, 1.82) is 0 Å². The summed E-state index contributed by atoms with van der Waals surface area (Å²) >= 11 is 3.50. The molecule has 7 heteroatoms. The van der Waals surface area contributed by atoms with E-state index in [1.165, 1.54) is 6.33 Å². The minimum atomic E-state index is 0.484. The molecule has 0 amide bonds. The van der Waals surface area contributed by atoms with Gasteiger partial charge >= 0.3 is 0 Å². The molecule has 0 aliphatic heterocycles. The number of aryl methyl sites for hydroxylation is 2. The largest absolute Gasteiger partial charge is 0.444 e. The highest BCUT2D eigenvalue weighted by Gasteiger charge is 2.10. The number of anilines is 2. The lowest BCUT2D eigenvalue weighted by atomic mass is 10.4. The molecule has 6 nitrogen and oxygen atoms in total. The molecule has 0 aliphatic rings. The van der Waals surface area contributed by atoms with Gasteiger partial charge in [0.2, 0.25) is 5.89 Å². The number of nitrogens with one attached hydrogen (secondary N) is 2. The lowest BCUT2D eigenvalue weighted by Gasteiger charge is -2.10. The van der Waals surface area contributed by atoms with E-state index >= 15 is 0 Å². The molecular formula is C13H18BrN5O. The Bertz CT molecular complexity index is 565. The smallest absolute Gasteiger partial charge is 0.213 e. The highest BCUT2D eigenvalue weighted by Crippen LogP contribution is 2.26. The zero-order valence-electron chi connectivity index (χ0n) is 11.8. The van der Waals surface area contributed by atoms with E-state index in [1.807, 2.05) is 13.8 Å². The molecule has 0 spiro atoms. The van der Waals surface area contributed by atoms with Crippen LogP contribution < -0.4 is 10.6 Å². The molecular weight excluding hydrogens is 322 g/mol. The first-order valence-electron chi connectivity index (χ1n) is 6.53. The topological polar surface area (TPSA) is 75.9 Å². The van der Waals surface area contributed by atoms with E-state index in [0.717, 1.165) is 34.7 Å². The lowest BCUT2D eigenvalue weighted by Crippen LogP contribution is -2.07. The first kappa shape index (κ1) is 14.8. The molecule has 0 radical (unpaired) electrons. The molecule has 0 saturated carbocycles. The van der Waals surface area contributed by atoms with Gasteiger partial charge in [0.15, 0.2) is 0 Å². The summed E-state index contributed by atoms with van der Waals surface area (Å²) in [6.45, 7) is 7.29. The van der Waals surface area contributed by atoms with Crippen LogP contribution in [-0.2, 0) is 6.54 Å². The van der Waals surface area contributed by atoms with Crippen LogP contribution in [0.25, 0.3) is 0 Å². The van der Waals surface area contributed by atoms with Crippen LogP contribution in [0, 0.1) is 13.8 Å². The molecule has 108 valence electrons. The summed E-state index contributed by atoms with van der Waals surface area (Å²) in [7, 11) is 0. The molecule has 2 N–H and O–H groups in total. The average Bonchev–Trinajstić information content (AvgIpc) is 2.75. The first-order valence-corrected chi connectivity index (χ1v) is 7.32. The average molecular weight is 340 g/mol. The van der Waals surface area contributed by atoms with Gasteiger partial charge in [0.1, 0.15) is 28.2 Å². The number of halogens is 1. The molecule has 0 saturated heterocycles. The Morgan fingerprint density at radius 2 is 1.90 bits per heavy atom. The third-order valence-corrected chi connectivity index (χ3v) is 3.56. The molecule has 2 aromatic heterocycles. The third kappa shape index (κ3) is 3.47. The summed E-state index contributed by atoms with van der Waals surface area (Å²) in [4.78, 5) is 12.7. The number of aromatic nitrogens is 3. The summed E-state index contributed by atoms with van der Waals surface area (Å²) in [6.07, 6.45) is 2.56. The van der Waals surface area contributed by atoms with Crippen molar-refractivity contribution in [2.24, 2.45) is 0 Å². The van der Waals surface area contributed by atoms with E-state index in [4.69, 9.17) is 4.42 Å². The van der Waals surface area contributed by atoms with Crippen molar-refractivity contribution < 1.29 is 4.42 Å². The van der Waals surface area contributed by atoms with Crippen LogP contribution in [0.1, 0.15) is 30.7 Å². The molecule has 2 rings (SSSR count). The van der Waals surface area contributed by atoms with Gasteiger partial charge in [0.25, 0.3) is 0 Å². The van der Waals surface area contributed by atoms with Crippen LogP contribution in [0.4, 0.5) is 11.6 Å². The summed E-state index contributed by atoms with van der Waals surface area (Å²) in [5.41, 5.74) is 0.911. The molecule has 0 bridgehead atoms. The maximum absolute atomic E-state index is 5.52. The molecule has 2 aromatic rings. The number of oxazole rings is 1. The fraction of sp³-hybridized carbons (Fsp3) is 0.462. The fourth-order valence-electron chi connectivity index (χ4n) is 1.63. The van der Waals surface area contributed by atoms with E-state index in [9.17, 15) is 0 Å². The van der Waals surface area contributed by atoms with Gasteiger partial charge in [-0.25, -0.2) is 15.0 Å². The maximum Gasteiger partial charge on any atom is 0.213 e. The van der Waals surface area contributed by atoms with Crippen LogP contribution in [0.2, 0.25) is 0 Å². The number of hydrogen-bond acceptors (Lipinski definition) is 6. The lowest BCUT2D eigenvalue weighted by molar-refractivity contribution is 0.478. The van der Waals surface area contributed by atoms with Crippen molar-refractivity contribution in [3.8, 4) is 0 Å². The standard InChI is InChI=1S/C13H18BrN5O/c1-4-5-15-12-11(14)13(18-7-17-12)16-6-10-19-8(2)9(3)20-10/h7H,4-6H2,1-3H3,(H2,15,16,17,18). The van der Waals surface area contributed by atoms with Crippen LogP contribution in [0.3, 0.4) is 0 Å². The predicted octanol–water partition coefficient (Wildman–Crippen LogP) is 3.28. The number of nitrogens with zero attached hydrogens (tertiary/aromatic N) is 3. The van der Waals surface area contributed by atoms with E-state index in [2.05, 4.69) is 48.4 Å². The van der Waals surface area contributed by atoms with Gasteiger partial charge in [-0.2, -0.15) is 0 Å². The Hall–Kier alpha value is -1.63. The van der Waals surface area contributed by atoms with Crippen molar-refractivity contribution in [2.75, 3.05) is 17.2 Å². The van der Waals surface area contributed by atoms with E-state index < -0.39 is 0 Å². The van der Waals surface area contributed by atoms with Crippen LogP contribution in [-0.4, -0.2) is 21.5 Å². The Morgan fingerprint density at radius 3 is 2.50 bits per heavy atom. The molecule has 20 heavy (non-hydrogen) atoms. The number of rotatable bonds is 6. The summed E-state index contributed by atoms with van der Waals surface area (Å²) < 4.78 is 6.34. The molecule has 0 atom stereocenters. The van der Waals surface area contributed by atoms with Crippen molar-refractivity contribution in [3.63, 3.8) is 0 Å². The van der Waals surface area contributed by atoms with Crippen LogP contribution in [0.15, 0.2) is 15.2 Å². The highest BCUT2D eigenvalue weighted by molar-refractivity contribution is 9.10. The normalized spacial score (nSPS) is 10.6. The van der Waals surface area contributed by atoms with Crippen molar-refractivity contribution in [2.45, 2.75) is 33.7 Å². The van der Waals surface area contributed by atoms with Crippen LogP contribution >= 0.6 is 15.9 Å². The first-order chi connectivity index (χ1) is 9.61. The maximum atomic E-state index is 5.52. The molecule has 2 heterocycles. The Morgan fingerprint density at radius 1 is 1.20 bits per heavy atom. The van der Waals surface area contributed by atoms with E-state index in [-0.39, 0.29) is 0 Å². The number of hydrogen-bond donors (Lipinski definition) is 2. The molecule has 0 fully saturated rings. The summed E-state index contributed by atoms with van der Waals surface area (Å²) in [6, 6.07) is 0. The van der Waals surface area contributed by atoms with Gasteiger partial charge < -0.3 is 15.1 Å². The van der Waals surface area contributed by atoms with E-state index in [1.54, 1.807) is 0 Å². The van der Waals surface area contributed by atoms with Gasteiger partial charge in [-0.1, -0.05) is 6.92 Å². The second-order valence-electron chi connectivity index (χ2n) is 4.41. The van der Waals surface area contributed by atoms with Gasteiger partial charge in [-0.05, 0) is 36.2 Å². The Labute approximate surface area is 126 Å². The van der Waals surface area contributed by atoms with Crippen molar-refractivity contribution in [1.82, 2.24) is 15.0 Å². The molecule has 0 aliphatic carbocycles. The van der Waals surface area contributed by atoms with Crippen LogP contribution in [0.5, 0.6) is 0 Å². The minimum Gasteiger partial charge on any atom is -0.444 e. The van der Waals surface area contributed by atoms with Crippen molar-refractivity contribution in [3.05, 3.63) is 28.1 Å². The third-order valence-electron chi connectivity index (χ3n) is 2.81. The minimum absolute atomic E-state index is 0.484. The van der Waals surface area contributed by atoms with E-state index in [0.29, 0.717) is 18.3 Å². The highest BCUT2D eigenvalue weighted by atomic mass is 79.9. The monoisotopic (exact) mass is 339 g/mol. The van der Waals surface area contributed by atoms with Gasteiger partial charge in [-0.3, -0.25) is 0 Å². The quantitative estimate of drug-likeness (QED) is 0.841. The zero-order valence-corrected chi connectivity index (χ0v) is 13.4. The molecule has 0 aromatic carbocycles. The molecule has 0 unspecified atom stereocenters. The second-order valence-corrected chi connectivity index (χ2v) is 5.21. The second kappa shape index (κ2) is 6.69. The predicted molar refractivity (Wildman–Crippen MR) is 81.8 cm³/mol. The Kier molecular flexibility index (Phi) is 4.94. The summed E-state index contributed by atoms with van der Waals surface area (Å²) in [5.74, 6) is 2.98. The van der Waals surface area contributed by atoms with Crippen molar-refractivity contribution >= 4 is 27.6 Å². The Balaban J connectivity index is 2.05. The van der Waals surface area contributed by atoms with Gasteiger partial charge in [0.05, 0.1) is 12.2 Å². The zero-order chi connectivity index (χ0) is 14.5.